The van der Waals surface area contributed by atoms with Crippen LogP contribution in [0.2, 0.25) is 0 Å². The van der Waals surface area contributed by atoms with Gasteiger partial charge in [-0.1, -0.05) is 19.3 Å². The van der Waals surface area contributed by atoms with Crippen molar-refractivity contribution >= 4 is 0 Å². The molecule has 0 aromatic rings. The Morgan fingerprint density at radius 3 is 2.35 bits per heavy atom. The first-order valence-electron chi connectivity index (χ1n) is 8.89. The van der Waals surface area contributed by atoms with E-state index in [-0.39, 0.29) is 0 Å². The molecule has 0 radical (unpaired) electrons. The highest BCUT2D eigenvalue weighted by atomic mass is 16.3. The molecule has 116 valence electrons. The summed E-state index contributed by atoms with van der Waals surface area (Å²) in [6, 6.07) is 1.03. The Labute approximate surface area is 124 Å². The summed E-state index contributed by atoms with van der Waals surface area (Å²) >= 11 is 0. The van der Waals surface area contributed by atoms with Gasteiger partial charge in [-0.3, -0.25) is 0 Å². The fraction of sp³-hybridized carbons (Fsp3) is 1.00. The van der Waals surface area contributed by atoms with E-state index in [0.717, 1.165) is 11.8 Å². The Hall–Kier alpha value is -0.120. The second-order valence-corrected chi connectivity index (χ2v) is 7.51. The van der Waals surface area contributed by atoms with E-state index in [1.54, 1.807) is 0 Å². The lowest BCUT2D eigenvalue weighted by Gasteiger charge is -2.44. The second kappa shape index (κ2) is 6.76. The molecule has 0 aromatic heterocycles. The predicted molar refractivity (Wildman–Crippen MR) is 82.8 cm³/mol. The summed E-state index contributed by atoms with van der Waals surface area (Å²) in [4.78, 5) is 2.64. The molecule has 1 heterocycles. The molecule has 1 saturated heterocycles. The van der Waals surface area contributed by atoms with Crippen LogP contribution in [0.3, 0.4) is 0 Å². The first kappa shape index (κ1) is 14.8. The van der Waals surface area contributed by atoms with E-state index >= 15 is 0 Å². The number of piperidine rings is 1. The maximum absolute atomic E-state index is 9.45. The van der Waals surface area contributed by atoms with Crippen LogP contribution in [0.15, 0.2) is 0 Å². The molecule has 1 atom stereocenters. The summed E-state index contributed by atoms with van der Waals surface area (Å²) in [5.74, 6) is 0. The summed E-state index contributed by atoms with van der Waals surface area (Å²) in [5.41, 5.74) is 0.720. The lowest BCUT2D eigenvalue weighted by Crippen LogP contribution is -2.43. The number of nitrogens with zero attached hydrogens (tertiary/aromatic N) is 1. The van der Waals surface area contributed by atoms with E-state index < -0.39 is 0 Å². The highest BCUT2D eigenvalue weighted by Gasteiger charge is 2.35. The fourth-order valence-electron chi connectivity index (χ4n) is 4.20. The molecule has 3 fully saturated rings. The van der Waals surface area contributed by atoms with E-state index in [4.69, 9.17) is 0 Å². The summed E-state index contributed by atoms with van der Waals surface area (Å²) in [5, 5.41) is 13.0. The molecule has 3 aliphatic rings. The van der Waals surface area contributed by atoms with Gasteiger partial charge in [0.15, 0.2) is 0 Å². The Balaban J connectivity index is 1.37. The SMILES string of the molecule is OCC(CCN1CCC2(CCCCC2)CC1)NC1CC1. The summed E-state index contributed by atoms with van der Waals surface area (Å²) in [7, 11) is 0. The highest BCUT2D eigenvalue weighted by Crippen LogP contribution is 2.44. The number of aliphatic hydroxyl groups excluding tert-OH is 1. The van der Waals surface area contributed by atoms with Crippen LogP contribution < -0.4 is 5.32 Å². The molecule has 0 bridgehead atoms. The molecule has 0 aromatic carbocycles. The van der Waals surface area contributed by atoms with Crippen molar-refractivity contribution < 1.29 is 5.11 Å². The van der Waals surface area contributed by atoms with E-state index in [9.17, 15) is 5.11 Å². The Morgan fingerprint density at radius 2 is 1.75 bits per heavy atom. The monoisotopic (exact) mass is 280 g/mol. The Morgan fingerprint density at radius 1 is 1.05 bits per heavy atom. The van der Waals surface area contributed by atoms with Gasteiger partial charge in [0.25, 0.3) is 0 Å². The summed E-state index contributed by atoms with van der Waals surface area (Å²) < 4.78 is 0. The van der Waals surface area contributed by atoms with Crippen LogP contribution in [0.25, 0.3) is 0 Å². The third kappa shape index (κ3) is 3.96. The first-order chi connectivity index (χ1) is 9.80. The first-order valence-corrected chi connectivity index (χ1v) is 8.89. The zero-order valence-electron chi connectivity index (χ0n) is 12.9. The predicted octanol–water partition coefficient (Wildman–Crippen LogP) is 2.54. The lowest BCUT2D eigenvalue weighted by atomic mass is 9.68. The minimum atomic E-state index is 0.300. The molecule has 2 aliphatic carbocycles. The van der Waals surface area contributed by atoms with E-state index in [2.05, 4.69) is 10.2 Å². The molecule has 20 heavy (non-hydrogen) atoms. The molecule has 2 saturated carbocycles. The quantitative estimate of drug-likeness (QED) is 0.785. The van der Waals surface area contributed by atoms with Gasteiger partial charge in [0, 0.05) is 12.1 Å². The van der Waals surface area contributed by atoms with Crippen LogP contribution in [0.5, 0.6) is 0 Å². The molecule has 3 heteroatoms. The van der Waals surface area contributed by atoms with Crippen molar-refractivity contribution in [2.24, 2.45) is 5.41 Å². The zero-order chi connectivity index (χ0) is 13.8. The fourth-order valence-corrected chi connectivity index (χ4v) is 4.20. The minimum Gasteiger partial charge on any atom is -0.395 e. The van der Waals surface area contributed by atoms with Crippen LogP contribution in [0.1, 0.15) is 64.2 Å². The van der Waals surface area contributed by atoms with Gasteiger partial charge in [-0.2, -0.15) is 0 Å². The standard InChI is InChI=1S/C17H32N2O/c20-14-16(18-15-4-5-15)6-11-19-12-9-17(10-13-19)7-2-1-3-8-17/h15-16,18,20H,1-14H2. The Bertz CT molecular complexity index is 287. The summed E-state index contributed by atoms with van der Waals surface area (Å²) in [6.45, 7) is 4.05. The van der Waals surface area contributed by atoms with Gasteiger partial charge in [0.2, 0.25) is 0 Å². The number of hydrogen-bond acceptors (Lipinski definition) is 3. The number of aliphatic hydroxyl groups is 1. The molecule has 1 spiro atoms. The van der Waals surface area contributed by atoms with Gasteiger partial charge < -0.3 is 15.3 Å². The van der Waals surface area contributed by atoms with Crippen LogP contribution in [0, 0.1) is 5.41 Å². The number of hydrogen-bond donors (Lipinski definition) is 2. The van der Waals surface area contributed by atoms with E-state index in [0.29, 0.717) is 18.7 Å². The zero-order valence-corrected chi connectivity index (χ0v) is 12.9. The largest absolute Gasteiger partial charge is 0.395 e. The maximum Gasteiger partial charge on any atom is 0.0585 e. The van der Waals surface area contributed by atoms with Gasteiger partial charge >= 0.3 is 0 Å². The molecular formula is C17H32N2O. The average molecular weight is 280 g/mol. The minimum absolute atomic E-state index is 0.300. The third-order valence-electron chi connectivity index (χ3n) is 5.89. The third-order valence-corrected chi connectivity index (χ3v) is 5.89. The van der Waals surface area contributed by atoms with Crippen molar-refractivity contribution in [3.8, 4) is 0 Å². The van der Waals surface area contributed by atoms with Gasteiger partial charge in [-0.15, -0.1) is 0 Å². The van der Waals surface area contributed by atoms with Crippen LogP contribution in [-0.2, 0) is 0 Å². The Kier molecular flexibility index (Phi) is 5.00. The molecule has 1 aliphatic heterocycles. The van der Waals surface area contributed by atoms with Crippen LogP contribution >= 0.6 is 0 Å². The van der Waals surface area contributed by atoms with Crippen molar-refractivity contribution in [3.63, 3.8) is 0 Å². The molecule has 2 N–H and O–H groups in total. The average Bonchev–Trinajstić information content (AvgIpc) is 3.30. The van der Waals surface area contributed by atoms with Crippen molar-refractivity contribution in [3.05, 3.63) is 0 Å². The van der Waals surface area contributed by atoms with Gasteiger partial charge in [-0.05, 0) is 70.0 Å². The maximum atomic E-state index is 9.45. The molecule has 3 nitrogen and oxygen atoms in total. The number of nitrogens with one attached hydrogen (secondary N) is 1. The smallest absolute Gasteiger partial charge is 0.0585 e. The van der Waals surface area contributed by atoms with Gasteiger partial charge in [0.1, 0.15) is 0 Å². The van der Waals surface area contributed by atoms with E-state index in [1.165, 1.54) is 77.4 Å². The molecule has 0 amide bonds. The van der Waals surface area contributed by atoms with Crippen molar-refractivity contribution in [2.75, 3.05) is 26.2 Å². The van der Waals surface area contributed by atoms with Crippen molar-refractivity contribution in [1.29, 1.82) is 0 Å². The second-order valence-electron chi connectivity index (χ2n) is 7.51. The number of rotatable bonds is 6. The molecular weight excluding hydrogens is 248 g/mol. The summed E-state index contributed by atoms with van der Waals surface area (Å²) in [6.07, 6.45) is 14.0. The van der Waals surface area contributed by atoms with E-state index in [1.807, 2.05) is 0 Å². The molecule has 1 unspecified atom stereocenters. The van der Waals surface area contributed by atoms with Crippen molar-refractivity contribution in [1.82, 2.24) is 10.2 Å². The van der Waals surface area contributed by atoms with Crippen molar-refractivity contribution in [2.45, 2.75) is 76.3 Å². The molecule has 3 rings (SSSR count). The van der Waals surface area contributed by atoms with Gasteiger partial charge in [0.05, 0.1) is 6.61 Å². The lowest BCUT2D eigenvalue weighted by molar-refractivity contribution is 0.0643. The number of likely N-dealkylation sites (tertiary alicyclic amines) is 1. The van der Waals surface area contributed by atoms with Gasteiger partial charge in [-0.25, -0.2) is 0 Å². The van der Waals surface area contributed by atoms with Crippen LogP contribution in [-0.4, -0.2) is 48.3 Å². The normalized spacial score (nSPS) is 28.6. The van der Waals surface area contributed by atoms with Crippen LogP contribution in [0.4, 0.5) is 0 Å². The highest BCUT2D eigenvalue weighted by molar-refractivity contribution is 4.89. The topological polar surface area (TPSA) is 35.5 Å².